The molecule has 0 saturated carbocycles. The molecular formula is C11H13ClF3NO. The van der Waals surface area contributed by atoms with E-state index in [1.54, 1.807) is 6.07 Å². The molecule has 96 valence electrons. The maximum absolute atomic E-state index is 12.7. The molecule has 0 amide bonds. The van der Waals surface area contributed by atoms with Gasteiger partial charge in [-0.2, -0.15) is 0 Å². The summed E-state index contributed by atoms with van der Waals surface area (Å²) in [5.74, 6) is -0.390. The predicted octanol–water partition coefficient (Wildman–Crippen LogP) is 2.85. The van der Waals surface area contributed by atoms with E-state index in [0.29, 0.717) is 18.1 Å². The van der Waals surface area contributed by atoms with Crippen molar-refractivity contribution in [1.82, 2.24) is 5.32 Å². The smallest absolute Gasteiger partial charge is 0.261 e. The average molecular weight is 268 g/mol. The van der Waals surface area contributed by atoms with Gasteiger partial charge in [-0.15, -0.1) is 0 Å². The van der Waals surface area contributed by atoms with E-state index in [2.05, 4.69) is 10.1 Å². The van der Waals surface area contributed by atoms with Crippen molar-refractivity contribution in [2.75, 3.05) is 19.8 Å². The number of hydrogen-bond acceptors (Lipinski definition) is 2. The second kappa shape index (κ2) is 7.53. The van der Waals surface area contributed by atoms with E-state index in [1.807, 2.05) is 0 Å². The molecule has 0 aromatic heterocycles. The van der Waals surface area contributed by atoms with Crippen LogP contribution in [0.3, 0.4) is 0 Å². The van der Waals surface area contributed by atoms with Crippen LogP contribution in [0.15, 0.2) is 18.2 Å². The maximum atomic E-state index is 12.7. The normalized spacial score (nSPS) is 11.1. The third-order valence-electron chi connectivity index (χ3n) is 2.00. The fourth-order valence-corrected chi connectivity index (χ4v) is 1.44. The number of benzene rings is 1. The number of nitrogens with one attached hydrogen (secondary N) is 1. The van der Waals surface area contributed by atoms with Gasteiger partial charge >= 0.3 is 0 Å². The molecule has 0 spiro atoms. The van der Waals surface area contributed by atoms with Crippen LogP contribution in [0.1, 0.15) is 5.56 Å². The Morgan fingerprint density at radius 2 is 2.12 bits per heavy atom. The molecule has 0 aliphatic rings. The topological polar surface area (TPSA) is 21.3 Å². The van der Waals surface area contributed by atoms with Crippen molar-refractivity contribution >= 4 is 11.6 Å². The van der Waals surface area contributed by atoms with E-state index in [0.717, 1.165) is 5.56 Å². The van der Waals surface area contributed by atoms with Crippen molar-refractivity contribution in [3.05, 3.63) is 34.6 Å². The SMILES string of the molecule is Fc1ccc(CNCCOCC(F)F)c(Cl)c1. The van der Waals surface area contributed by atoms with Crippen LogP contribution < -0.4 is 5.32 Å². The number of hydrogen-bond donors (Lipinski definition) is 1. The zero-order chi connectivity index (χ0) is 12.7. The number of ether oxygens (including phenoxy) is 1. The van der Waals surface area contributed by atoms with Gasteiger partial charge in [0.2, 0.25) is 0 Å². The van der Waals surface area contributed by atoms with Gasteiger partial charge in [0.1, 0.15) is 12.4 Å². The lowest BCUT2D eigenvalue weighted by atomic mass is 10.2. The summed E-state index contributed by atoms with van der Waals surface area (Å²) in [6.45, 7) is 0.514. The van der Waals surface area contributed by atoms with Crippen molar-refractivity contribution in [2.24, 2.45) is 0 Å². The molecule has 1 aromatic carbocycles. The second-order valence-electron chi connectivity index (χ2n) is 3.38. The Labute approximate surface area is 103 Å². The zero-order valence-electron chi connectivity index (χ0n) is 9.06. The van der Waals surface area contributed by atoms with Gasteiger partial charge in [-0.1, -0.05) is 17.7 Å². The van der Waals surface area contributed by atoms with Crippen LogP contribution in [-0.2, 0) is 11.3 Å². The van der Waals surface area contributed by atoms with Crippen molar-refractivity contribution in [1.29, 1.82) is 0 Å². The standard InChI is InChI=1S/C11H13ClF3NO/c12-10-5-9(13)2-1-8(10)6-16-3-4-17-7-11(14)15/h1-2,5,11,16H,3-4,6-7H2. The maximum Gasteiger partial charge on any atom is 0.261 e. The van der Waals surface area contributed by atoms with Gasteiger partial charge in [0.05, 0.1) is 6.61 Å². The minimum atomic E-state index is -2.44. The van der Waals surface area contributed by atoms with Crippen LogP contribution >= 0.6 is 11.6 Å². The summed E-state index contributed by atoms with van der Waals surface area (Å²) in [4.78, 5) is 0. The summed E-state index contributed by atoms with van der Waals surface area (Å²) in [6.07, 6.45) is -2.44. The highest BCUT2D eigenvalue weighted by Gasteiger charge is 2.02. The minimum Gasteiger partial charge on any atom is -0.374 e. The molecule has 1 rings (SSSR count). The van der Waals surface area contributed by atoms with E-state index >= 15 is 0 Å². The Kier molecular flexibility index (Phi) is 6.32. The second-order valence-corrected chi connectivity index (χ2v) is 3.79. The van der Waals surface area contributed by atoms with Gasteiger partial charge in [0, 0.05) is 18.1 Å². The molecule has 0 atom stereocenters. The Morgan fingerprint density at radius 3 is 2.76 bits per heavy atom. The third kappa shape index (κ3) is 5.91. The summed E-state index contributed by atoms with van der Waals surface area (Å²) in [5, 5.41) is 3.30. The molecule has 0 fully saturated rings. The molecule has 1 N–H and O–H groups in total. The van der Waals surface area contributed by atoms with E-state index < -0.39 is 13.0 Å². The van der Waals surface area contributed by atoms with Crippen LogP contribution in [0, 0.1) is 5.82 Å². The third-order valence-corrected chi connectivity index (χ3v) is 2.35. The fourth-order valence-electron chi connectivity index (χ4n) is 1.20. The monoisotopic (exact) mass is 267 g/mol. The molecule has 2 nitrogen and oxygen atoms in total. The Bertz CT molecular complexity index is 349. The van der Waals surface area contributed by atoms with Gasteiger partial charge in [-0.25, -0.2) is 13.2 Å². The first-order valence-electron chi connectivity index (χ1n) is 5.10. The average Bonchev–Trinajstić information content (AvgIpc) is 2.25. The summed E-state index contributed by atoms with van der Waals surface area (Å²) < 4.78 is 40.8. The van der Waals surface area contributed by atoms with Crippen LogP contribution in [0.5, 0.6) is 0 Å². The summed E-state index contributed by atoms with van der Waals surface area (Å²) in [6, 6.07) is 4.12. The highest BCUT2D eigenvalue weighted by atomic mass is 35.5. The summed E-state index contributed by atoms with van der Waals surface area (Å²) in [5.41, 5.74) is 0.752. The molecule has 0 unspecified atom stereocenters. The minimum absolute atomic E-state index is 0.198. The molecule has 6 heteroatoms. The van der Waals surface area contributed by atoms with Gasteiger partial charge in [0.25, 0.3) is 6.43 Å². The number of halogens is 4. The molecule has 17 heavy (non-hydrogen) atoms. The molecule has 1 aromatic rings. The quantitative estimate of drug-likeness (QED) is 0.767. The first kappa shape index (κ1) is 14.3. The Morgan fingerprint density at radius 1 is 1.35 bits per heavy atom. The predicted molar refractivity (Wildman–Crippen MR) is 59.9 cm³/mol. The molecule has 0 radical (unpaired) electrons. The van der Waals surface area contributed by atoms with E-state index in [1.165, 1.54) is 12.1 Å². The van der Waals surface area contributed by atoms with Gasteiger partial charge < -0.3 is 10.1 Å². The molecular weight excluding hydrogens is 255 g/mol. The molecule has 0 aliphatic heterocycles. The molecule has 0 heterocycles. The van der Waals surface area contributed by atoms with Gasteiger partial charge in [0.15, 0.2) is 0 Å². The molecule has 0 saturated heterocycles. The Hall–Kier alpha value is -0.780. The summed E-state index contributed by atoms with van der Waals surface area (Å²) in [7, 11) is 0. The largest absolute Gasteiger partial charge is 0.374 e. The van der Waals surface area contributed by atoms with Crippen molar-refractivity contribution in [2.45, 2.75) is 13.0 Å². The molecule has 0 aliphatic carbocycles. The van der Waals surface area contributed by atoms with E-state index in [-0.39, 0.29) is 12.4 Å². The van der Waals surface area contributed by atoms with Crippen molar-refractivity contribution < 1.29 is 17.9 Å². The van der Waals surface area contributed by atoms with E-state index in [9.17, 15) is 13.2 Å². The van der Waals surface area contributed by atoms with Gasteiger partial charge in [-0.3, -0.25) is 0 Å². The highest BCUT2D eigenvalue weighted by molar-refractivity contribution is 6.31. The first-order valence-corrected chi connectivity index (χ1v) is 5.48. The lowest BCUT2D eigenvalue weighted by molar-refractivity contribution is 0.0187. The number of rotatable bonds is 7. The van der Waals surface area contributed by atoms with E-state index in [4.69, 9.17) is 11.6 Å². The number of alkyl halides is 2. The van der Waals surface area contributed by atoms with Crippen LogP contribution in [0.4, 0.5) is 13.2 Å². The van der Waals surface area contributed by atoms with Crippen LogP contribution in [0.25, 0.3) is 0 Å². The molecule has 0 bridgehead atoms. The van der Waals surface area contributed by atoms with Gasteiger partial charge in [-0.05, 0) is 17.7 Å². The summed E-state index contributed by atoms with van der Waals surface area (Å²) >= 11 is 5.80. The van der Waals surface area contributed by atoms with Crippen LogP contribution in [0.2, 0.25) is 5.02 Å². The van der Waals surface area contributed by atoms with Crippen LogP contribution in [-0.4, -0.2) is 26.2 Å². The van der Waals surface area contributed by atoms with Crippen molar-refractivity contribution in [3.8, 4) is 0 Å². The first-order chi connectivity index (χ1) is 8.09. The lowest BCUT2D eigenvalue weighted by Gasteiger charge is -2.07. The van der Waals surface area contributed by atoms with Crippen molar-refractivity contribution in [3.63, 3.8) is 0 Å². The lowest BCUT2D eigenvalue weighted by Crippen LogP contribution is -2.20. The highest BCUT2D eigenvalue weighted by Crippen LogP contribution is 2.16. The zero-order valence-corrected chi connectivity index (χ0v) is 9.81. The Balaban J connectivity index is 2.18. The fraction of sp³-hybridized carbons (Fsp3) is 0.455.